The molecule has 0 amide bonds. The Bertz CT molecular complexity index is 305. The van der Waals surface area contributed by atoms with Gasteiger partial charge in [0, 0.05) is 0 Å². The van der Waals surface area contributed by atoms with Crippen molar-refractivity contribution >= 4 is 31.9 Å². The van der Waals surface area contributed by atoms with E-state index in [1.807, 2.05) is 0 Å². The van der Waals surface area contributed by atoms with Crippen molar-refractivity contribution in [1.29, 1.82) is 0 Å². The first-order chi connectivity index (χ1) is 6.54. The van der Waals surface area contributed by atoms with Gasteiger partial charge in [0.05, 0.1) is 0 Å². The quantitative estimate of drug-likeness (QED) is 0.573. The predicted octanol–water partition coefficient (Wildman–Crippen LogP) is 1.67. The number of hydrogen-bond acceptors (Lipinski definition) is 0. The van der Waals surface area contributed by atoms with Gasteiger partial charge in [-0.15, -0.1) is 0 Å². The zero-order valence-electron chi connectivity index (χ0n) is 7.42. The molecule has 0 aliphatic heterocycles. The van der Waals surface area contributed by atoms with Gasteiger partial charge in [-0.1, -0.05) is 0 Å². The molecule has 0 aliphatic carbocycles. The zero-order valence-corrected chi connectivity index (χ0v) is 9.13. The molecular weight excluding hydrogens is 255 g/mol. The van der Waals surface area contributed by atoms with Crippen LogP contribution in [0.5, 0.6) is 0 Å². The van der Waals surface area contributed by atoms with Crippen LogP contribution in [0, 0.1) is 0 Å². The van der Waals surface area contributed by atoms with Crippen LogP contribution in [-0.4, -0.2) is 21.9 Å². The molecule has 1 rings (SSSR count). The molecule has 14 heavy (non-hydrogen) atoms. The van der Waals surface area contributed by atoms with Crippen LogP contribution in [-0.2, 0) is 0 Å². The van der Waals surface area contributed by atoms with Crippen molar-refractivity contribution in [3.05, 3.63) is 36.9 Å². The van der Waals surface area contributed by atoms with Gasteiger partial charge in [0.1, 0.15) is 0 Å². The summed E-state index contributed by atoms with van der Waals surface area (Å²) in [6.45, 7) is -1.28. The van der Waals surface area contributed by atoms with Crippen LogP contribution in [0.1, 0.15) is 0 Å². The third kappa shape index (κ3) is 3.24. The van der Waals surface area contributed by atoms with Crippen LogP contribution < -0.4 is 9.92 Å². The molecule has 0 radical (unpaired) electrons. The summed E-state index contributed by atoms with van der Waals surface area (Å²) in [4.78, 5) is 0. The minimum absolute atomic E-state index is 0.207. The van der Waals surface area contributed by atoms with Crippen LogP contribution in [0.4, 0.5) is 12.9 Å². The molecule has 0 saturated carbocycles. The van der Waals surface area contributed by atoms with E-state index in [2.05, 4.69) is 6.58 Å². The van der Waals surface area contributed by atoms with E-state index in [-0.39, 0.29) is 15.0 Å². The average molecular weight is 264 g/mol. The van der Waals surface area contributed by atoms with Gasteiger partial charge in [-0.25, -0.2) is 0 Å². The fourth-order valence-corrected chi connectivity index (χ4v) is 2.28. The molecule has 0 fully saturated rings. The molecular formula is C9H9BF3Se-. The van der Waals surface area contributed by atoms with Crippen molar-refractivity contribution in [2.45, 2.75) is 5.32 Å². The maximum absolute atomic E-state index is 12.2. The molecule has 5 heteroatoms. The summed E-state index contributed by atoms with van der Waals surface area (Å²) >= 11 is 0.207. The molecule has 0 nitrogen and oxygen atoms in total. The van der Waals surface area contributed by atoms with E-state index in [1.165, 1.54) is 0 Å². The van der Waals surface area contributed by atoms with Crippen molar-refractivity contribution in [2.75, 3.05) is 0 Å². The summed E-state index contributed by atoms with van der Waals surface area (Å²) in [5.74, 6) is 0. The van der Waals surface area contributed by atoms with Gasteiger partial charge in [0.2, 0.25) is 0 Å². The molecule has 0 bridgehead atoms. The number of benzene rings is 1. The molecule has 0 unspecified atom stereocenters. The van der Waals surface area contributed by atoms with E-state index in [0.29, 0.717) is 0 Å². The van der Waals surface area contributed by atoms with E-state index >= 15 is 0 Å². The molecule has 0 aromatic heterocycles. The summed E-state index contributed by atoms with van der Waals surface area (Å²) in [5, 5.41) is 0.851. The second-order valence-electron chi connectivity index (χ2n) is 2.74. The number of rotatable bonds is 4. The standard InChI is InChI=1S/C9H9BF3Se/c1-2-7-14-9-5-3-8(4-6-9)10(11,12)13/h2-6H,1,7H2/q-1. The van der Waals surface area contributed by atoms with Gasteiger partial charge in [-0.05, 0) is 0 Å². The molecule has 0 atom stereocenters. The first-order valence-electron chi connectivity index (χ1n) is 4.07. The molecule has 76 valence electrons. The third-order valence-electron chi connectivity index (χ3n) is 1.63. The van der Waals surface area contributed by atoms with Crippen molar-refractivity contribution in [2.24, 2.45) is 0 Å². The first-order valence-corrected chi connectivity index (χ1v) is 6.14. The van der Waals surface area contributed by atoms with Crippen LogP contribution >= 0.6 is 0 Å². The number of hydrogen-bond donors (Lipinski definition) is 0. The molecule has 0 N–H and O–H groups in total. The predicted molar refractivity (Wildman–Crippen MR) is 55.5 cm³/mol. The van der Waals surface area contributed by atoms with Gasteiger partial charge in [0.15, 0.2) is 0 Å². The van der Waals surface area contributed by atoms with Gasteiger partial charge in [0.25, 0.3) is 0 Å². The normalized spacial score (nSPS) is 11.4. The van der Waals surface area contributed by atoms with Gasteiger partial charge in [-0.2, -0.15) is 0 Å². The number of halogens is 3. The molecule has 1 aromatic rings. The topological polar surface area (TPSA) is 0 Å². The molecule has 0 spiro atoms. The van der Waals surface area contributed by atoms with E-state index in [1.54, 1.807) is 18.2 Å². The molecule has 0 heterocycles. The Kier molecular flexibility index (Phi) is 3.84. The monoisotopic (exact) mass is 265 g/mol. The summed E-state index contributed by atoms with van der Waals surface area (Å²) < 4.78 is 37.6. The second-order valence-corrected chi connectivity index (χ2v) is 5.04. The Labute approximate surface area is 87.4 Å². The average Bonchev–Trinajstić information content (AvgIpc) is 2.14. The Balaban J connectivity index is 2.73. The first kappa shape index (κ1) is 11.4. The van der Waals surface area contributed by atoms with E-state index < -0.39 is 12.4 Å². The fourth-order valence-electron chi connectivity index (χ4n) is 0.937. The van der Waals surface area contributed by atoms with Crippen LogP contribution in [0.3, 0.4) is 0 Å². The second kappa shape index (κ2) is 4.71. The Hall–Kier alpha value is -0.666. The molecule has 0 saturated heterocycles. The van der Waals surface area contributed by atoms with Gasteiger partial charge < -0.3 is 0 Å². The maximum atomic E-state index is 12.2. The Morgan fingerprint density at radius 3 is 2.21 bits per heavy atom. The molecule has 1 aromatic carbocycles. The summed E-state index contributed by atoms with van der Waals surface area (Å²) in [7, 11) is 0. The van der Waals surface area contributed by atoms with E-state index in [0.717, 1.165) is 21.9 Å². The fraction of sp³-hybridized carbons (Fsp3) is 0.111. The van der Waals surface area contributed by atoms with Gasteiger partial charge in [-0.3, -0.25) is 0 Å². The summed E-state index contributed by atoms with van der Waals surface area (Å²) in [6, 6.07) is 5.41. The summed E-state index contributed by atoms with van der Waals surface area (Å²) in [6.07, 6.45) is 1.78. The van der Waals surface area contributed by atoms with E-state index in [4.69, 9.17) is 0 Å². The van der Waals surface area contributed by atoms with Crippen molar-refractivity contribution in [3.8, 4) is 0 Å². The Morgan fingerprint density at radius 1 is 1.21 bits per heavy atom. The molecule has 0 aliphatic rings. The zero-order chi connectivity index (χ0) is 10.6. The van der Waals surface area contributed by atoms with Crippen molar-refractivity contribution < 1.29 is 12.9 Å². The van der Waals surface area contributed by atoms with Crippen molar-refractivity contribution in [3.63, 3.8) is 0 Å². The van der Waals surface area contributed by atoms with Crippen LogP contribution in [0.2, 0.25) is 5.32 Å². The minimum atomic E-state index is -4.85. The summed E-state index contributed by atoms with van der Waals surface area (Å²) in [5.41, 5.74) is -0.525. The third-order valence-corrected chi connectivity index (χ3v) is 3.74. The number of allylic oxidation sites excluding steroid dienone is 1. The van der Waals surface area contributed by atoms with Crippen LogP contribution in [0.25, 0.3) is 0 Å². The van der Waals surface area contributed by atoms with Gasteiger partial charge >= 0.3 is 87.0 Å². The van der Waals surface area contributed by atoms with E-state index in [9.17, 15) is 12.9 Å². The van der Waals surface area contributed by atoms with Crippen LogP contribution in [0.15, 0.2) is 36.9 Å². The van der Waals surface area contributed by atoms with Crippen molar-refractivity contribution in [1.82, 2.24) is 0 Å². The Morgan fingerprint density at radius 2 is 1.79 bits per heavy atom. The SMILES string of the molecule is C=CC[Se]c1ccc([B-](F)(F)F)cc1.